The van der Waals surface area contributed by atoms with Crippen LogP contribution in [0, 0.1) is 92.7 Å². The van der Waals surface area contributed by atoms with Crippen LogP contribution in [-0.4, -0.2) is 92.2 Å². The van der Waals surface area contributed by atoms with Crippen LogP contribution in [0.15, 0.2) is 0 Å². The van der Waals surface area contributed by atoms with Crippen LogP contribution in [0.1, 0.15) is 164 Å². The van der Waals surface area contributed by atoms with Gasteiger partial charge in [0, 0.05) is 25.9 Å². The van der Waals surface area contributed by atoms with E-state index in [1.165, 1.54) is 0 Å². The Morgan fingerprint density at radius 3 is 1.43 bits per heavy atom. The molecule has 0 aromatic carbocycles. The Hall–Kier alpha value is -1.30. The van der Waals surface area contributed by atoms with Crippen LogP contribution in [0.4, 0.5) is 0 Å². The number of nitrogens with one attached hydrogen (secondary N) is 2. The molecule has 0 radical (unpaired) electrons. The molecule has 8 N–H and O–H groups in total. The van der Waals surface area contributed by atoms with Crippen LogP contribution in [0.3, 0.4) is 0 Å². The molecule has 8 aliphatic rings. The minimum Gasteiger partial charge on any atom is -0.393 e. The maximum absolute atomic E-state index is 13.0. The highest BCUT2D eigenvalue weighted by Gasteiger charge is 2.67. The lowest BCUT2D eigenvalue weighted by molar-refractivity contribution is -0.207. The molecule has 10 nitrogen and oxygen atoms in total. The molecule has 348 valence electrons. The molecule has 0 aromatic heterocycles. The molecule has 0 aliphatic heterocycles. The summed E-state index contributed by atoms with van der Waals surface area (Å²) >= 11 is 0. The Balaban J connectivity index is 0.746. The SMILES string of the molecule is CC(CCC(=O)NCCNC(=O)CCC[C@H](C)C1CCC2C3C(C[C@H](O)[C@@]21C)[C@@]1(C)CC[C@@H](O)CC1C[C@H]3O)[C@H]1CCC2C3C(C[C@H](O)[C@@]21C)[C@@]1(C)CC[C@@H](O)CC1C[C@H]3O. The van der Waals surface area contributed by atoms with Gasteiger partial charge in [0.05, 0.1) is 36.6 Å². The lowest BCUT2D eigenvalue weighted by Crippen LogP contribution is -2.62. The van der Waals surface area contributed by atoms with E-state index in [1.807, 2.05) is 0 Å². The number of amides is 2. The first-order valence-corrected chi connectivity index (χ1v) is 25.5. The lowest BCUT2D eigenvalue weighted by atomic mass is 9.43. The minimum atomic E-state index is -0.433. The van der Waals surface area contributed by atoms with Crippen LogP contribution < -0.4 is 10.6 Å². The zero-order chi connectivity index (χ0) is 43.8. The summed E-state index contributed by atoms with van der Waals surface area (Å²) in [5.74, 6) is 3.42. The molecule has 8 fully saturated rings. The molecule has 0 spiro atoms. The highest BCUT2D eigenvalue weighted by atomic mass is 16.3. The number of carbonyl (C=O) groups excluding carboxylic acids is 2. The van der Waals surface area contributed by atoms with Gasteiger partial charge in [-0.25, -0.2) is 0 Å². The summed E-state index contributed by atoms with van der Waals surface area (Å²) in [5, 5.41) is 73.9. The molecule has 8 rings (SSSR count). The van der Waals surface area contributed by atoms with Gasteiger partial charge >= 0.3 is 0 Å². The van der Waals surface area contributed by atoms with Gasteiger partial charge in [-0.15, -0.1) is 0 Å². The number of hydrogen-bond donors (Lipinski definition) is 8. The first-order chi connectivity index (χ1) is 28.8. The fraction of sp³-hybridized carbons (Fsp3) is 0.961. The third-order valence-electron chi connectivity index (χ3n) is 21.7. The van der Waals surface area contributed by atoms with Crippen molar-refractivity contribution in [1.82, 2.24) is 10.6 Å². The molecular weight excluding hydrogens is 769 g/mol. The Labute approximate surface area is 367 Å². The van der Waals surface area contributed by atoms with Crippen molar-refractivity contribution in [1.29, 1.82) is 0 Å². The highest BCUT2D eigenvalue weighted by molar-refractivity contribution is 5.77. The number of carbonyl (C=O) groups is 2. The van der Waals surface area contributed by atoms with Gasteiger partial charge in [-0.05, 0) is 202 Å². The third kappa shape index (κ3) is 7.89. The summed E-state index contributed by atoms with van der Waals surface area (Å²) in [5.41, 5.74) is -0.391. The van der Waals surface area contributed by atoms with Crippen LogP contribution in [0.25, 0.3) is 0 Å². The van der Waals surface area contributed by atoms with Crippen LogP contribution in [0.2, 0.25) is 0 Å². The molecule has 10 heteroatoms. The molecule has 0 heterocycles. The van der Waals surface area contributed by atoms with Crippen molar-refractivity contribution in [3.8, 4) is 0 Å². The number of fused-ring (bicyclic) bond motifs is 10. The lowest BCUT2D eigenvalue weighted by Gasteiger charge is -2.63. The maximum Gasteiger partial charge on any atom is 0.220 e. The zero-order valence-corrected chi connectivity index (χ0v) is 38.7. The van der Waals surface area contributed by atoms with Gasteiger partial charge < -0.3 is 41.3 Å². The van der Waals surface area contributed by atoms with Gasteiger partial charge in [-0.2, -0.15) is 0 Å². The van der Waals surface area contributed by atoms with Crippen molar-refractivity contribution in [3.63, 3.8) is 0 Å². The number of aliphatic hydroxyl groups excluding tert-OH is 6. The fourth-order valence-electron chi connectivity index (χ4n) is 18.2. The quantitative estimate of drug-likeness (QED) is 0.105. The minimum absolute atomic E-state index is 0.00263. The molecule has 22 atom stereocenters. The molecule has 2 amide bonds. The van der Waals surface area contributed by atoms with E-state index < -0.39 is 12.2 Å². The molecule has 8 aliphatic carbocycles. The van der Waals surface area contributed by atoms with E-state index in [-0.39, 0.29) is 87.5 Å². The molecule has 0 saturated heterocycles. The molecule has 0 bridgehead atoms. The van der Waals surface area contributed by atoms with Crippen LogP contribution in [-0.2, 0) is 9.59 Å². The van der Waals surface area contributed by atoms with Gasteiger partial charge in [-0.3, -0.25) is 9.59 Å². The van der Waals surface area contributed by atoms with E-state index in [9.17, 15) is 40.2 Å². The Morgan fingerprint density at radius 1 is 0.541 bits per heavy atom. The second-order valence-electron chi connectivity index (χ2n) is 24.1. The van der Waals surface area contributed by atoms with E-state index in [2.05, 4.69) is 52.2 Å². The van der Waals surface area contributed by atoms with E-state index in [0.717, 1.165) is 109 Å². The van der Waals surface area contributed by atoms with E-state index in [0.29, 0.717) is 67.4 Å². The van der Waals surface area contributed by atoms with Crippen LogP contribution in [0.5, 0.6) is 0 Å². The Bertz CT molecular complexity index is 1580. The predicted molar refractivity (Wildman–Crippen MR) is 235 cm³/mol. The predicted octanol–water partition coefficient (Wildman–Crippen LogP) is 6.36. The summed E-state index contributed by atoms with van der Waals surface area (Å²) in [4.78, 5) is 25.9. The van der Waals surface area contributed by atoms with Gasteiger partial charge in [0.1, 0.15) is 0 Å². The molecule has 61 heavy (non-hydrogen) atoms. The van der Waals surface area contributed by atoms with Crippen molar-refractivity contribution in [2.24, 2.45) is 92.7 Å². The van der Waals surface area contributed by atoms with Crippen molar-refractivity contribution in [2.45, 2.75) is 200 Å². The molecule has 8 saturated carbocycles. The monoisotopic (exact) mass is 855 g/mol. The summed E-state index contributed by atoms with van der Waals surface area (Å²) in [6.45, 7) is 14.6. The number of hydrogen-bond acceptors (Lipinski definition) is 8. The van der Waals surface area contributed by atoms with E-state index >= 15 is 0 Å². The van der Waals surface area contributed by atoms with Crippen LogP contribution >= 0.6 is 0 Å². The standard InChI is InChI=1S/C51H86N2O8/c1-28(34-11-13-36-46-38(26-42(58)50(34,36)5)48(3)18-16-32(54)22-30(48)24-40(46)56)8-7-9-44(60)52-20-21-53-45(61)15-10-29(2)35-12-14-37-47-39(27-43(59)51(35,37)6)49(4)19-17-33(55)23-31(49)25-41(47)57/h28-43,46-47,54-59H,7-27H2,1-6H3,(H,52,60)(H,53,61)/t28-,29?,30?,31?,32+,33+,34?,35+,36?,37?,38?,39?,40+,41+,42-,43-,46?,47?,48-,49-,50+,51+/m0/s1. The maximum atomic E-state index is 13.0. The third-order valence-corrected chi connectivity index (χ3v) is 21.7. The average Bonchev–Trinajstić information content (AvgIpc) is 3.76. The Kier molecular flexibility index (Phi) is 13.3. The van der Waals surface area contributed by atoms with Gasteiger partial charge in [0.2, 0.25) is 11.8 Å². The first kappa shape index (κ1) is 46.2. The average molecular weight is 855 g/mol. The summed E-state index contributed by atoms with van der Waals surface area (Å²) in [7, 11) is 0. The second-order valence-corrected chi connectivity index (χ2v) is 24.1. The van der Waals surface area contributed by atoms with Crippen molar-refractivity contribution >= 4 is 11.8 Å². The molecular formula is C51H86N2O8. The van der Waals surface area contributed by atoms with Crippen molar-refractivity contribution in [3.05, 3.63) is 0 Å². The Morgan fingerprint density at radius 2 is 0.967 bits per heavy atom. The van der Waals surface area contributed by atoms with Gasteiger partial charge in [0.25, 0.3) is 0 Å². The first-order valence-electron chi connectivity index (χ1n) is 25.5. The summed E-state index contributed by atoms with van der Waals surface area (Å²) in [6, 6.07) is 0. The topological polar surface area (TPSA) is 180 Å². The normalized spacial score (nSPS) is 51.1. The van der Waals surface area contributed by atoms with Crippen molar-refractivity contribution in [2.75, 3.05) is 13.1 Å². The van der Waals surface area contributed by atoms with Gasteiger partial charge in [0.15, 0.2) is 0 Å². The smallest absolute Gasteiger partial charge is 0.220 e. The number of rotatable bonds is 12. The molecule has 10 unspecified atom stereocenters. The summed E-state index contributed by atoms with van der Waals surface area (Å²) in [6.07, 6.45) is 13.4. The van der Waals surface area contributed by atoms with Crippen molar-refractivity contribution < 1.29 is 40.2 Å². The summed E-state index contributed by atoms with van der Waals surface area (Å²) < 4.78 is 0. The largest absolute Gasteiger partial charge is 0.393 e. The molecule has 0 aromatic rings. The fourth-order valence-corrected chi connectivity index (χ4v) is 18.2. The highest BCUT2D eigenvalue weighted by Crippen LogP contribution is 2.70. The van der Waals surface area contributed by atoms with E-state index in [4.69, 9.17) is 0 Å². The van der Waals surface area contributed by atoms with E-state index in [1.54, 1.807) is 0 Å². The number of aliphatic hydroxyl groups is 6. The second kappa shape index (κ2) is 17.5. The zero-order valence-electron chi connectivity index (χ0n) is 38.7. The van der Waals surface area contributed by atoms with Gasteiger partial charge in [-0.1, -0.05) is 41.5 Å².